The summed E-state index contributed by atoms with van der Waals surface area (Å²) in [5, 5.41) is 0. The van der Waals surface area contributed by atoms with Crippen LogP contribution in [0.4, 0.5) is 11.9 Å². The van der Waals surface area contributed by atoms with E-state index in [1.807, 2.05) is 30.9 Å². The van der Waals surface area contributed by atoms with Gasteiger partial charge in [-0.2, -0.15) is 0 Å². The molecule has 2 aromatic rings. The minimum atomic E-state index is 0.318. The highest BCUT2D eigenvalue weighted by molar-refractivity contribution is 5.32. The molecule has 3 aliphatic rings. The lowest BCUT2D eigenvalue weighted by molar-refractivity contribution is 0.0992. The van der Waals surface area contributed by atoms with E-state index in [1.165, 1.54) is 50.6 Å². The third-order valence-corrected chi connectivity index (χ3v) is 6.72. The highest BCUT2D eigenvalue weighted by Gasteiger charge is 2.43. The van der Waals surface area contributed by atoms with Crippen molar-refractivity contribution in [2.75, 3.05) is 42.5 Å². The van der Waals surface area contributed by atoms with Crippen LogP contribution in [0.1, 0.15) is 44.1 Å². The summed E-state index contributed by atoms with van der Waals surface area (Å²) in [6.07, 6.45) is 15.2. The molecule has 0 atom stereocenters. The van der Waals surface area contributed by atoms with Crippen molar-refractivity contribution in [1.29, 1.82) is 0 Å². The first kappa shape index (κ1) is 17.8. The maximum Gasteiger partial charge on any atom is 0.225 e. The summed E-state index contributed by atoms with van der Waals surface area (Å²) < 4.78 is 0. The Bertz CT molecular complexity index is 765. The Balaban J connectivity index is 1.23. The van der Waals surface area contributed by atoms with Gasteiger partial charge in [-0.3, -0.25) is 4.90 Å². The summed E-state index contributed by atoms with van der Waals surface area (Å²) >= 11 is 0. The topological polar surface area (TPSA) is 61.3 Å². The number of likely N-dealkylation sites (tertiary alicyclic amines) is 1. The summed E-state index contributed by atoms with van der Waals surface area (Å²) in [7, 11) is 0. The van der Waals surface area contributed by atoms with Gasteiger partial charge in [0.1, 0.15) is 0 Å². The van der Waals surface area contributed by atoms with E-state index >= 15 is 0 Å². The summed E-state index contributed by atoms with van der Waals surface area (Å²) in [5.74, 6) is 1.77. The second-order valence-corrected chi connectivity index (χ2v) is 8.37. The standard InChI is InChI=1S/C21H29N7/c1-2-11-26(10-1)20-24-15-18(16-25-20)17-28-12-3-5-21(28)6-13-27(14-7-21)19-22-8-4-9-23-19/h4,8-9,15-16H,1-3,5-7,10-14,17H2. The predicted octanol–water partition coefficient (Wildman–Crippen LogP) is 2.50. The van der Waals surface area contributed by atoms with E-state index in [0.29, 0.717) is 5.54 Å². The predicted molar refractivity (Wildman–Crippen MR) is 109 cm³/mol. The van der Waals surface area contributed by atoms with Gasteiger partial charge in [0, 0.05) is 68.6 Å². The molecule has 0 unspecified atom stereocenters. The lowest BCUT2D eigenvalue weighted by Crippen LogP contribution is -2.52. The van der Waals surface area contributed by atoms with E-state index in [1.54, 1.807) is 0 Å². The number of aromatic nitrogens is 4. The maximum atomic E-state index is 4.65. The van der Waals surface area contributed by atoms with Gasteiger partial charge < -0.3 is 9.80 Å². The summed E-state index contributed by atoms with van der Waals surface area (Å²) in [6, 6.07) is 1.88. The van der Waals surface area contributed by atoms with Gasteiger partial charge >= 0.3 is 0 Å². The number of hydrogen-bond donors (Lipinski definition) is 0. The summed E-state index contributed by atoms with van der Waals surface area (Å²) in [4.78, 5) is 25.5. The number of rotatable bonds is 4. The van der Waals surface area contributed by atoms with Gasteiger partial charge in [0.15, 0.2) is 0 Å². The van der Waals surface area contributed by atoms with Crippen LogP contribution in [0.15, 0.2) is 30.9 Å². The monoisotopic (exact) mass is 379 g/mol. The molecule has 0 radical (unpaired) electrons. The van der Waals surface area contributed by atoms with Crippen molar-refractivity contribution in [3.63, 3.8) is 0 Å². The van der Waals surface area contributed by atoms with Crippen molar-refractivity contribution in [1.82, 2.24) is 24.8 Å². The number of piperidine rings is 1. The molecule has 0 aliphatic carbocycles. The van der Waals surface area contributed by atoms with Crippen LogP contribution in [0.25, 0.3) is 0 Å². The van der Waals surface area contributed by atoms with E-state index in [-0.39, 0.29) is 0 Å². The van der Waals surface area contributed by atoms with E-state index in [2.05, 4.69) is 34.6 Å². The molecule has 0 amide bonds. The highest BCUT2D eigenvalue weighted by atomic mass is 15.3. The second kappa shape index (κ2) is 7.62. The van der Waals surface area contributed by atoms with Gasteiger partial charge in [-0.15, -0.1) is 0 Å². The van der Waals surface area contributed by atoms with E-state index in [4.69, 9.17) is 0 Å². The van der Waals surface area contributed by atoms with Crippen LogP contribution < -0.4 is 9.80 Å². The Morgan fingerprint density at radius 3 is 2.07 bits per heavy atom. The SMILES string of the molecule is c1cnc(N2CCC3(CCCN3Cc3cnc(N4CCCC4)nc3)CC2)nc1. The zero-order chi connectivity index (χ0) is 18.8. The van der Waals surface area contributed by atoms with Crippen LogP contribution in [0.2, 0.25) is 0 Å². The average Bonchev–Trinajstić information content (AvgIpc) is 3.41. The fraction of sp³-hybridized carbons (Fsp3) is 0.619. The third-order valence-electron chi connectivity index (χ3n) is 6.72. The average molecular weight is 380 g/mol. The first-order valence-corrected chi connectivity index (χ1v) is 10.7. The fourth-order valence-electron chi connectivity index (χ4n) is 5.12. The molecule has 2 aromatic heterocycles. The molecule has 3 fully saturated rings. The second-order valence-electron chi connectivity index (χ2n) is 8.37. The molecule has 0 aromatic carbocycles. The van der Waals surface area contributed by atoms with Crippen molar-refractivity contribution in [2.24, 2.45) is 0 Å². The molecule has 7 nitrogen and oxygen atoms in total. The van der Waals surface area contributed by atoms with E-state index in [9.17, 15) is 0 Å². The normalized spacial score (nSPS) is 22.3. The van der Waals surface area contributed by atoms with E-state index in [0.717, 1.165) is 44.6 Å². The van der Waals surface area contributed by atoms with Gasteiger partial charge in [-0.1, -0.05) is 0 Å². The van der Waals surface area contributed by atoms with Crippen LogP contribution in [0.5, 0.6) is 0 Å². The molecule has 28 heavy (non-hydrogen) atoms. The molecule has 0 bridgehead atoms. The summed E-state index contributed by atoms with van der Waals surface area (Å²) in [6.45, 7) is 6.39. The third kappa shape index (κ3) is 3.43. The Labute approximate surface area is 166 Å². The van der Waals surface area contributed by atoms with Gasteiger partial charge in [-0.25, -0.2) is 19.9 Å². The molecule has 5 heterocycles. The van der Waals surface area contributed by atoms with Crippen molar-refractivity contribution < 1.29 is 0 Å². The van der Waals surface area contributed by atoms with Gasteiger partial charge in [0.05, 0.1) is 0 Å². The minimum absolute atomic E-state index is 0.318. The van der Waals surface area contributed by atoms with Crippen LogP contribution in [-0.2, 0) is 6.54 Å². The molecule has 7 heteroatoms. The van der Waals surface area contributed by atoms with Gasteiger partial charge in [-0.05, 0) is 51.1 Å². The molecule has 0 N–H and O–H groups in total. The molecule has 3 aliphatic heterocycles. The molecule has 1 spiro atoms. The van der Waals surface area contributed by atoms with Crippen LogP contribution in [-0.4, -0.2) is 63.1 Å². The molecule has 5 rings (SSSR count). The fourth-order valence-corrected chi connectivity index (χ4v) is 5.12. The van der Waals surface area contributed by atoms with Crippen molar-refractivity contribution in [3.05, 3.63) is 36.4 Å². The van der Waals surface area contributed by atoms with E-state index < -0.39 is 0 Å². The lowest BCUT2D eigenvalue weighted by Gasteiger charge is -2.45. The minimum Gasteiger partial charge on any atom is -0.341 e. The first-order valence-electron chi connectivity index (χ1n) is 10.7. The zero-order valence-corrected chi connectivity index (χ0v) is 16.5. The zero-order valence-electron chi connectivity index (χ0n) is 16.5. The van der Waals surface area contributed by atoms with Crippen molar-refractivity contribution in [3.8, 4) is 0 Å². The maximum absolute atomic E-state index is 4.65. The highest BCUT2D eigenvalue weighted by Crippen LogP contribution is 2.39. The quantitative estimate of drug-likeness (QED) is 0.809. The van der Waals surface area contributed by atoms with Crippen LogP contribution in [0.3, 0.4) is 0 Å². The van der Waals surface area contributed by atoms with Crippen molar-refractivity contribution in [2.45, 2.75) is 50.6 Å². The molecule has 0 saturated carbocycles. The Morgan fingerprint density at radius 1 is 0.714 bits per heavy atom. The van der Waals surface area contributed by atoms with Crippen LogP contribution in [0, 0.1) is 0 Å². The molecular formula is C21H29N7. The molecule has 3 saturated heterocycles. The Morgan fingerprint density at radius 2 is 1.36 bits per heavy atom. The number of nitrogens with zero attached hydrogens (tertiary/aromatic N) is 7. The molecule has 148 valence electrons. The largest absolute Gasteiger partial charge is 0.341 e. The van der Waals surface area contributed by atoms with Gasteiger partial charge in [0.25, 0.3) is 0 Å². The number of hydrogen-bond acceptors (Lipinski definition) is 7. The smallest absolute Gasteiger partial charge is 0.225 e. The first-order chi connectivity index (χ1) is 13.8. The lowest BCUT2D eigenvalue weighted by atomic mass is 9.85. The molecular weight excluding hydrogens is 350 g/mol. The summed E-state index contributed by atoms with van der Waals surface area (Å²) in [5.41, 5.74) is 1.55. The van der Waals surface area contributed by atoms with Crippen LogP contribution >= 0.6 is 0 Å². The van der Waals surface area contributed by atoms with Crippen molar-refractivity contribution >= 4 is 11.9 Å². The Hall–Kier alpha value is -2.28. The Kier molecular flexibility index (Phi) is 4.84. The van der Waals surface area contributed by atoms with Gasteiger partial charge in [0.2, 0.25) is 11.9 Å². The number of anilines is 2.